The minimum absolute atomic E-state index is 0.0185. The maximum atomic E-state index is 11.6. The van der Waals surface area contributed by atoms with E-state index in [-0.39, 0.29) is 6.61 Å². The molecule has 0 aromatic carbocycles. The number of likely N-dealkylation sites (N-methyl/N-ethyl adjacent to an activating group) is 1. The molecule has 1 unspecified atom stereocenters. The first-order valence-corrected chi connectivity index (χ1v) is 6.06. The van der Waals surface area contributed by atoms with Gasteiger partial charge in [0.2, 0.25) is 0 Å². The fraction of sp³-hybridized carbons (Fsp3) is 0.818. The van der Waals surface area contributed by atoms with Gasteiger partial charge in [-0.05, 0) is 13.6 Å². The summed E-state index contributed by atoms with van der Waals surface area (Å²) in [5.74, 6) is -1.05. The SMILES string of the molecule is CCN(C)CCNC(=O)NC1(C(=O)O)CCOC1. The minimum atomic E-state index is -1.28. The number of carbonyl (C=O) groups excluding carboxylic acids is 1. The lowest BCUT2D eigenvalue weighted by Crippen LogP contribution is -2.58. The molecule has 1 heterocycles. The highest BCUT2D eigenvalue weighted by Crippen LogP contribution is 2.18. The molecular formula is C11H21N3O4. The zero-order chi connectivity index (χ0) is 13.6. The summed E-state index contributed by atoms with van der Waals surface area (Å²) in [5.41, 5.74) is -1.28. The van der Waals surface area contributed by atoms with Crippen molar-refractivity contribution in [3.05, 3.63) is 0 Å². The Labute approximate surface area is 106 Å². The van der Waals surface area contributed by atoms with Crippen LogP contribution < -0.4 is 10.6 Å². The number of rotatable bonds is 6. The monoisotopic (exact) mass is 259 g/mol. The van der Waals surface area contributed by atoms with Gasteiger partial charge in [0.25, 0.3) is 0 Å². The highest BCUT2D eigenvalue weighted by molar-refractivity contribution is 5.86. The van der Waals surface area contributed by atoms with Gasteiger partial charge < -0.3 is 25.4 Å². The number of carbonyl (C=O) groups is 2. The number of carboxylic acid groups (broad SMARTS) is 1. The molecule has 7 nitrogen and oxygen atoms in total. The van der Waals surface area contributed by atoms with Crippen LogP contribution in [0.4, 0.5) is 4.79 Å². The van der Waals surface area contributed by atoms with E-state index in [1.165, 1.54) is 0 Å². The molecule has 1 fully saturated rings. The Kier molecular flexibility index (Phi) is 5.36. The summed E-state index contributed by atoms with van der Waals surface area (Å²) in [5, 5.41) is 14.3. The van der Waals surface area contributed by atoms with Crippen LogP contribution in [0.15, 0.2) is 0 Å². The molecule has 1 aliphatic heterocycles. The fourth-order valence-electron chi connectivity index (χ4n) is 1.67. The predicted molar refractivity (Wildman–Crippen MR) is 65.5 cm³/mol. The maximum Gasteiger partial charge on any atom is 0.332 e. The predicted octanol–water partition coefficient (Wildman–Crippen LogP) is -0.519. The fourth-order valence-corrected chi connectivity index (χ4v) is 1.67. The van der Waals surface area contributed by atoms with Crippen LogP contribution in [-0.2, 0) is 9.53 Å². The van der Waals surface area contributed by atoms with E-state index in [1.54, 1.807) is 0 Å². The smallest absolute Gasteiger partial charge is 0.332 e. The molecule has 0 radical (unpaired) electrons. The average molecular weight is 259 g/mol. The second kappa shape index (κ2) is 6.55. The molecule has 18 heavy (non-hydrogen) atoms. The molecule has 3 N–H and O–H groups in total. The van der Waals surface area contributed by atoms with Crippen molar-refractivity contribution in [3.8, 4) is 0 Å². The van der Waals surface area contributed by atoms with Gasteiger partial charge in [-0.25, -0.2) is 9.59 Å². The van der Waals surface area contributed by atoms with Crippen LogP contribution in [-0.4, -0.2) is 67.4 Å². The molecule has 0 aliphatic carbocycles. The number of hydrogen-bond donors (Lipinski definition) is 3. The van der Waals surface area contributed by atoms with Crippen molar-refractivity contribution in [2.24, 2.45) is 0 Å². The van der Waals surface area contributed by atoms with Crippen LogP contribution in [0, 0.1) is 0 Å². The van der Waals surface area contributed by atoms with E-state index in [9.17, 15) is 9.59 Å². The van der Waals surface area contributed by atoms with Gasteiger partial charge in [0.1, 0.15) is 0 Å². The van der Waals surface area contributed by atoms with Crippen LogP contribution in [0.1, 0.15) is 13.3 Å². The van der Waals surface area contributed by atoms with E-state index in [4.69, 9.17) is 9.84 Å². The van der Waals surface area contributed by atoms with Crippen LogP contribution in [0.5, 0.6) is 0 Å². The van der Waals surface area contributed by atoms with Gasteiger partial charge in [0, 0.05) is 26.1 Å². The lowest BCUT2D eigenvalue weighted by Gasteiger charge is -2.24. The summed E-state index contributed by atoms with van der Waals surface area (Å²) in [6.07, 6.45) is 0.296. The summed E-state index contributed by atoms with van der Waals surface area (Å²) >= 11 is 0. The number of nitrogens with zero attached hydrogens (tertiary/aromatic N) is 1. The summed E-state index contributed by atoms with van der Waals surface area (Å²) in [7, 11) is 1.95. The first-order valence-electron chi connectivity index (χ1n) is 6.06. The second-order valence-electron chi connectivity index (χ2n) is 4.47. The molecule has 0 aromatic heterocycles. The number of urea groups is 1. The standard InChI is InChI=1S/C11H21N3O4/c1-3-14(2)6-5-12-10(17)13-11(9(15)16)4-7-18-8-11/h3-8H2,1-2H3,(H,15,16)(H2,12,13,17). The van der Waals surface area contributed by atoms with E-state index in [0.717, 1.165) is 13.1 Å². The molecule has 0 saturated carbocycles. The zero-order valence-electron chi connectivity index (χ0n) is 10.9. The highest BCUT2D eigenvalue weighted by atomic mass is 16.5. The summed E-state index contributed by atoms with van der Waals surface area (Å²) in [6.45, 7) is 4.49. The third-order valence-corrected chi connectivity index (χ3v) is 3.10. The molecule has 104 valence electrons. The van der Waals surface area contributed by atoms with E-state index >= 15 is 0 Å². The molecule has 0 bridgehead atoms. The topological polar surface area (TPSA) is 90.9 Å². The minimum Gasteiger partial charge on any atom is -0.479 e. The number of amides is 2. The Bertz CT molecular complexity index is 303. The van der Waals surface area contributed by atoms with Crippen molar-refractivity contribution >= 4 is 12.0 Å². The van der Waals surface area contributed by atoms with Gasteiger partial charge in [-0.2, -0.15) is 0 Å². The average Bonchev–Trinajstić information content (AvgIpc) is 2.78. The number of ether oxygens (including phenoxy) is 1. The third-order valence-electron chi connectivity index (χ3n) is 3.10. The Hall–Kier alpha value is -1.34. The highest BCUT2D eigenvalue weighted by Gasteiger charge is 2.43. The summed E-state index contributed by atoms with van der Waals surface area (Å²) in [4.78, 5) is 24.8. The Morgan fingerprint density at radius 3 is 2.72 bits per heavy atom. The number of carboxylic acids is 1. The first kappa shape index (κ1) is 14.7. The third kappa shape index (κ3) is 3.85. The molecule has 7 heteroatoms. The van der Waals surface area contributed by atoms with Crippen molar-refractivity contribution in [3.63, 3.8) is 0 Å². The summed E-state index contributed by atoms with van der Waals surface area (Å²) in [6, 6.07) is -0.465. The first-order chi connectivity index (χ1) is 8.50. The van der Waals surface area contributed by atoms with Gasteiger partial charge in [0.05, 0.1) is 6.61 Å². The van der Waals surface area contributed by atoms with Gasteiger partial charge in [-0.3, -0.25) is 0 Å². The largest absolute Gasteiger partial charge is 0.479 e. The molecular weight excluding hydrogens is 238 g/mol. The quantitative estimate of drug-likeness (QED) is 0.597. The van der Waals surface area contributed by atoms with Gasteiger partial charge >= 0.3 is 12.0 Å². The molecule has 0 aromatic rings. The number of aliphatic carboxylic acids is 1. The molecule has 0 spiro atoms. The lowest BCUT2D eigenvalue weighted by atomic mass is 9.99. The van der Waals surface area contributed by atoms with E-state index in [1.807, 2.05) is 18.9 Å². The molecule has 1 saturated heterocycles. The Morgan fingerprint density at radius 2 is 2.22 bits per heavy atom. The van der Waals surface area contributed by atoms with Crippen molar-refractivity contribution in [2.75, 3.05) is 39.9 Å². The zero-order valence-corrected chi connectivity index (χ0v) is 10.9. The molecule has 1 aliphatic rings. The van der Waals surface area contributed by atoms with Gasteiger partial charge in [0.15, 0.2) is 5.54 Å². The normalized spacial score (nSPS) is 23.1. The molecule has 2 amide bonds. The van der Waals surface area contributed by atoms with Crippen LogP contribution in [0.3, 0.4) is 0 Å². The molecule has 1 rings (SSSR count). The second-order valence-corrected chi connectivity index (χ2v) is 4.47. The van der Waals surface area contributed by atoms with Crippen LogP contribution in [0.2, 0.25) is 0 Å². The van der Waals surface area contributed by atoms with Gasteiger partial charge in [-0.1, -0.05) is 6.92 Å². The van der Waals surface area contributed by atoms with Crippen LogP contribution >= 0.6 is 0 Å². The van der Waals surface area contributed by atoms with E-state index in [0.29, 0.717) is 19.6 Å². The maximum absolute atomic E-state index is 11.6. The lowest BCUT2D eigenvalue weighted by molar-refractivity contribution is -0.144. The number of hydrogen-bond acceptors (Lipinski definition) is 4. The Morgan fingerprint density at radius 1 is 1.50 bits per heavy atom. The Balaban J connectivity index is 2.36. The molecule has 1 atom stereocenters. The van der Waals surface area contributed by atoms with Crippen molar-refractivity contribution in [2.45, 2.75) is 18.9 Å². The van der Waals surface area contributed by atoms with E-state index in [2.05, 4.69) is 10.6 Å². The van der Waals surface area contributed by atoms with Crippen molar-refractivity contribution in [1.29, 1.82) is 0 Å². The number of nitrogens with one attached hydrogen (secondary N) is 2. The van der Waals surface area contributed by atoms with Gasteiger partial charge in [-0.15, -0.1) is 0 Å². The van der Waals surface area contributed by atoms with Crippen molar-refractivity contribution in [1.82, 2.24) is 15.5 Å². The van der Waals surface area contributed by atoms with Crippen LogP contribution in [0.25, 0.3) is 0 Å². The summed E-state index contributed by atoms with van der Waals surface area (Å²) < 4.78 is 5.05. The van der Waals surface area contributed by atoms with Crippen molar-refractivity contribution < 1.29 is 19.4 Å². The van der Waals surface area contributed by atoms with E-state index < -0.39 is 17.5 Å².